The lowest BCUT2D eigenvalue weighted by Crippen LogP contribution is -2.35. The highest BCUT2D eigenvalue weighted by molar-refractivity contribution is 7.91. The molecule has 4 rings (SSSR count). The number of aromatic nitrogens is 2. The number of halogens is 3. The van der Waals surface area contributed by atoms with Crippen molar-refractivity contribution in [1.29, 1.82) is 0 Å². The average Bonchev–Trinajstić information content (AvgIpc) is 3.34. The number of rotatable bonds is 11. The fourth-order valence-electron chi connectivity index (χ4n) is 4.40. The summed E-state index contributed by atoms with van der Waals surface area (Å²) in [5.74, 6) is -3.00. The molecule has 1 N–H and O–H groups in total. The highest BCUT2D eigenvalue weighted by Crippen LogP contribution is 2.30. The minimum absolute atomic E-state index is 0.0615. The number of hydrogen-bond donors (Lipinski definition) is 1. The van der Waals surface area contributed by atoms with E-state index in [9.17, 15) is 31.2 Å². The van der Waals surface area contributed by atoms with E-state index < -0.39 is 45.9 Å². The summed E-state index contributed by atoms with van der Waals surface area (Å²) in [4.78, 5) is 30.7. The summed E-state index contributed by atoms with van der Waals surface area (Å²) >= 11 is 0. The van der Waals surface area contributed by atoms with Crippen molar-refractivity contribution in [2.75, 3.05) is 12.4 Å². The maximum Gasteiger partial charge on any atom is 0.387 e. The number of nitrogens with zero attached hydrogens (tertiary/aromatic N) is 2. The molecule has 0 saturated carbocycles. The average molecular weight is 604 g/mol. The topological polar surface area (TPSA) is 116 Å². The molecule has 0 saturated heterocycles. The van der Waals surface area contributed by atoms with Gasteiger partial charge in [-0.05, 0) is 61.4 Å². The van der Waals surface area contributed by atoms with Crippen LogP contribution in [0.25, 0.3) is 16.9 Å². The molecule has 13 heteroatoms. The Morgan fingerprint density at radius 1 is 1.02 bits per heavy atom. The number of amides is 1. The number of sulfone groups is 1. The Balaban J connectivity index is 1.65. The summed E-state index contributed by atoms with van der Waals surface area (Å²) in [5.41, 5.74) is 2.25. The van der Waals surface area contributed by atoms with Crippen LogP contribution in [0.3, 0.4) is 0 Å². The third kappa shape index (κ3) is 6.40. The molecule has 9 nitrogen and oxygen atoms in total. The summed E-state index contributed by atoms with van der Waals surface area (Å²) in [6.07, 6.45) is 2.08. The van der Waals surface area contributed by atoms with E-state index in [1.54, 1.807) is 17.5 Å². The van der Waals surface area contributed by atoms with Crippen molar-refractivity contribution < 1.29 is 40.7 Å². The molecule has 222 valence electrons. The summed E-state index contributed by atoms with van der Waals surface area (Å²) in [5, 5.41) is 2.64. The van der Waals surface area contributed by atoms with Gasteiger partial charge in [0.2, 0.25) is 0 Å². The monoisotopic (exact) mass is 603 g/mol. The second-order valence-electron chi connectivity index (χ2n) is 9.06. The lowest BCUT2D eigenvalue weighted by molar-refractivity contribution is -0.145. The van der Waals surface area contributed by atoms with Crippen LogP contribution in [-0.2, 0) is 25.8 Å². The smallest absolute Gasteiger partial charge is 0.387 e. The quantitative estimate of drug-likeness (QED) is 0.236. The molecular weight excluding hydrogens is 575 g/mol. The number of carbonyl (C=O) groups excluding carboxylic acids is 2. The molecular formula is C29H28F3N3O6S. The molecule has 2 aromatic heterocycles. The number of alkyl halides is 2. The number of nitrogens with one attached hydrogen (secondary N) is 1. The van der Waals surface area contributed by atoms with Gasteiger partial charge in [0.1, 0.15) is 5.65 Å². The maximum absolute atomic E-state index is 14.4. The van der Waals surface area contributed by atoms with Crippen molar-refractivity contribution in [3.05, 3.63) is 83.4 Å². The first-order valence-corrected chi connectivity index (χ1v) is 14.7. The maximum atomic E-state index is 14.4. The van der Waals surface area contributed by atoms with Gasteiger partial charge in [-0.3, -0.25) is 4.79 Å². The Hall–Kier alpha value is -4.39. The number of pyridine rings is 1. The van der Waals surface area contributed by atoms with E-state index in [-0.39, 0.29) is 22.8 Å². The zero-order valence-electron chi connectivity index (χ0n) is 22.9. The Kier molecular flexibility index (Phi) is 9.20. The van der Waals surface area contributed by atoms with E-state index in [1.165, 1.54) is 49.4 Å². The number of fused-ring (bicyclic) bond motifs is 1. The highest BCUT2D eigenvalue weighted by atomic mass is 32.2. The summed E-state index contributed by atoms with van der Waals surface area (Å²) < 4.78 is 74.9. The Labute approximate surface area is 240 Å². The number of imidazole rings is 1. The van der Waals surface area contributed by atoms with Crippen molar-refractivity contribution in [2.24, 2.45) is 0 Å². The van der Waals surface area contributed by atoms with Crippen molar-refractivity contribution in [3.8, 4) is 17.0 Å². The predicted octanol–water partition coefficient (Wildman–Crippen LogP) is 5.13. The van der Waals surface area contributed by atoms with E-state index in [2.05, 4.69) is 15.0 Å². The van der Waals surface area contributed by atoms with Crippen molar-refractivity contribution in [2.45, 2.75) is 44.7 Å². The van der Waals surface area contributed by atoms with Crippen LogP contribution < -0.4 is 10.1 Å². The third-order valence-corrected chi connectivity index (χ3v) is 8.24. The fourth-order valence-corrected chi connectivity index (χ4v) is 5.28. The predicted molar refractivity (Wildman–Crippen MR) is 148 cm³/mol. The van der Waals surface area contributed by atoms with Crippen LogP contribution >= 0.6 is 0 Å². The van der Waals surface area contributed by atoms with E-state index in [1.807, 2.05) is 6.92 Å². The van der Waals surface area contributed by atoms with Gasteiger partial charge in [0.25, 0.3) is 5.91 Å². The van der Waals surface area contributed by atoms with Gasteiger partial charge in [0.05, 0.1) is 28.6 Å². The van der Waals surface area contributed by atoms with Crippen LogP contribution in [0.4, 0.5) is 13.2 Å². The Morgan fingerprint density at radius 3 is 2.33 bits per heavy atom. The van der Waals surface area contributed by atoms with Crippen LogP contribution in [-0.4, -0.2) is 48.7 Å². The largest absolute Gasteiger partial charge is 0.464 e. The van der Waals surface area contributed by atoms with Crippen LogP contribution in [0.5, 0.6) is 5.75 Å². The molecule has 0 aliphatic rings. The number of ether oxygens (including phenoxy) is 2. The molecule has 0 radical (unpaired) electrons. The fraction of sp³-hybridized carbons (Fsp3) is 0.276. The molecule has 0 aliphatic heterocycles. The molecule has 0 unspecified atom stereocenters. The summed E-state index contributed by atoms with van der Waals surface area (Å²) in [6, 6.07) is 11.0. The van der Waals surface area contributed by atoms with E-state index in [4.69, 9.17) is 4.74 Å². The minimum Gasteiger partial charge on any atom is -0.464 e. The molecule has 42 heavy (non-hydrogen) atoms. The highest BCUT2D eigenvalue weighted by Gasteiger charge is 2.26. The number of aryl methyl sites for hydroxylation is 1. The molecule has 1 atom stereocenters. The first kappa shape index (κ1) is 30.6. The normalized spacial score (nSPS) is 12.4. The van der Waals surface area contributed by atoms with Gasteiger partial charge < -0.3 is 19.2 Å². The summed E-state index contributed by atoms with van der Waals surface area (Å²) in [7, 11) is -3.46. The molecule has 1 amide bonds. The molecule has 0 spiro atoms. The Bertz CT molecular complexity index is 1720. The third-order valence-electron chi connectivity index (χ3n) is 6.49. The SMILES string of the molecule is CCOC(=O)[C@H](NC(=O)c1ccn2c(CC)c(-c3ccc(OC(F)F)c(F)c3)nc2c1)c1ccc(S(=O)(=O)CC)cc1. The zero-order chi connectivity index (χ0) is 30.6. The van der Waals surface area contributed by atoms with Gasteiger partial charge in [0.15, 0.2) is 27.4 Å². The van der Waals surface area contributed by atoms with Crippen molar-refractivity contribution in [1.82, 2.24) is 14.7 Å². The summed E-state index contributed by atoms with van der Waals surface area (Å²) in [6.45, 7) is 1.89. The van der Waals surface area contributed by atoms with Gasteiger partial charge in [-0.1, -0.05) is 26.0 Å². The first-order chi connectivity index (χ1) is 20.0. The molecule has 4 aromatic rings. The molecule has 0 bridgehead atoms. The second-order valence-corrected chi connectivity index (χ2v) is 11.3. The van der Waals surface area contributed by atoms with E-state index in [0.717, 1.165) is 12.1 Å². The van der Waals surface area contributed by atoms with Gasteiger partial charge in [-0.25, -0.2) is 22.6 Å². The molecule has 0 aliphatic carbocycles. The van der Waals surface area contributed by atoms with Gasteiger partial charge in [-0.2, -0.15) is 8.78 Å². The number of carbonyl (C=O) groups is 2. The second kappa shape index (κ2) is 12.6. The zero-order valence-corrected chi connectivity index (χ0v) is 23.8. The van der Waals surface area contributed by atoms with Crippen LogP contribution in [0.1, 0.15) is 48.4 Å². The molecule has 2 aromatic carbocycles. The molecule has 2 heterocycles. The Morgan fingerprint density at radius 2 is 1.74 bits per heavy atom. The van der Waals surface area contributed by atoms with Gasteiger partial charge in [0, 0.05) is 17.3 Å². The van der Waals surface area contributed by atoms with Crippen molar-refractivity contribution >= 4 is 27.4 Å². The number of benzene rings is 2. The number of esters is 1. The van der Waals surface area contributed by atoms with Crippen LogP contribution in [0.2, 0.25) is 0 Å². The van der Waals surface area contributed by atoms with Gasteiger partial charge in [-0.15, -0.1) is 0 Å². The lowest BCUT2D eigenvalue weighted by Gasteiger charge is -2.18. The minimum atomic E-state index is -3.46. The number of hydrogen-bond acceptors (Lipinski definition) is 7. The van der Waals surface area contributed by atoms with Crippen molar-refractivity contribution in [3.63, 3.8) is 0 Å². The van der Waals surface area contributed by atoms with Crippen LogP contribution in [0, 0.1) is 5.82 Å². The lowest BCUT2D eigenvalue weighted by atomic mass is 10.1. The van der Waals surface area contributed by atoms with E-state index in [0.29, 0.717) is 34.6 Å². The standard InChI is InChI=1S/C29H28F3N3O6S/c1-4-22-25(18-9-12-23(21(30)15-18)41-29(31)32)33-24-16-19(13-14-35(22)24)27(36)34-26(28(37)40-5-2)17-7-10-20(11-8-17)42(38,39)6-3/h7-16,26,29H,4-6H2,1-3H3,(H,34,36)/t26-/m1/s1. The van der Waals surface area contributed by atoms with E-state index >= 15 is 0 Å². The molecule has 0 fully saturated rings. The van der Waals surface area contributed by atoms with Gasteiger partial charge >= 0.3 is 12.6 Å². The van der Waals surface area contributed by atoms with Crippen LogP contribution in [0.15, 0.2) is 65.7 Å². The first-order valence-electron chi connectivity index (χ1n) is 13.0.